The largest absolute Gasteiger partial charge is 0.375 e. The van der Waals surface area contributed by atoms with Crippen LogP contribution in [0.15, 0.2) is 59.6 Å². The van der Waals surface area contributed by atoms with Gasteiger partial charge in [0.1, 0.15) is 0 Å². The number of nitrogens with zero attached hydrogens (tertiary/aromatic N) is 1. The lowest BCUT2D eigenvalue weighted by Crippen LogP contribution is -2.32. The average molecular weight is 454 g/mol. The van der Waals surface area contributed by atoms with E-state index in [1.807, 2.05) is 0 Å². The summed E-state index contributed by atoms with van der Waals surface area (Å²) in [5, 5.41) is 7.57. The van der Waals surface area contributed by atoms with Gasteiger partial charge in [0, 0.05) is 11.4 Å². The molecule has 0 saturated heterocycles. The van der Waals surface area contributed by atoms with Crippen LogP contribution < -0.4 is 10.6 Å². The van der Waals surface area contributed by atoms with Gasteiger partial charge in [-0.25, -0.2) is 0 Å². The van der Waals surface area contributed by atoms with Crippen LogP contribution in [0.3, 0.4) is 0 Å². The summed E-state index contributed by atoms with van der Waals surface area (Å²) in [6.07, 6.45) is 2.10. The second-order valence-electron chi connectivity index (χ2n) is 10.3. The molecule has 2 N–H and O–H groups in total. The lowest BCUT2D eigenvalue weighted by atomic mass is 9.92. The third kappa shape index (κ3) is 4.89. The molecule has 1 atom stereocenters. The van der Waals surface area contributed by atoms with Gasteiger partial charge in [-0.2, -0.15) is 0 Å². The molecule has 1 aliphatic heterocycles. The van der Waals surface area contributed by atoms with Gasteiger partial charge in [0.15, 0.2) is 0 Å². The number of rotatable bonds is 6. The van der Waals surface area contributed by atoms with Crippen LogP contribution in [0.2, 0.25) is 0 Å². The van der Waals surface area contributed by atoms with Crippen LogP contribution in [0, 0.1) is 13.8 Å². The molecular weight excluding hydrogens is 414 g/mol. The Labute approximate surface area is 205 Å². The van der Waals surface area contributed by atoms with Crippen LogP contribution in [0.1, 0.15) is 80.7 Å². The second kappa shape index (κ2) is 10.0. The Bertz CT molecular complexity index is 1160. The molecule has 3 aromatic rings. The fourth-order valence-electron chi connectivity index (χ4n) is 4.98. The summed E-state index contributed by atoms with van der Waals surface area (Å²) < 4.78 is 0. The number of hydrogen-bond acceptors (Lipinski definition) is 3. The predicted molar refractivity (Wildman–Crippen MR) is 149 cm³/mol. The number of para-hydroxylation sites is 3. The maximum atomic E-state index is 5.27. The van der Waals surface area contributed by atoms with Crippen molar-refractivity contribution in [1.29, 1.82) is 0 Å². The van der Waals surface area contributed by atoms with E-state index < -0.39 is 0 Å². The van der Waals surface area contributed by atoms with Gasteiger partial charge in [-0.1, -0.05) is 76.2 Å². The molecule has 0 aliphatic carbocycles. The highest BCUT2D eigenvalue weighted by molar-refractivity contribution is 5.94. The molecule has 0 radical (unpaired) electrons. The Morgan fingerprint density at radius 1 is 0.882 bits per heavy atom. The van der Waals surface area contributed by atoms with Gasteiger partial charge >= 0.3 is 0 Å². The zero-order valence-electron chi connectivity index (χ0n) is 21.8. The highest BCUT2D eigenvalue weighted by Crippen LogP contribution is 2.38. The molecular formula is C31H39N3. The molecule has 1 heterocycles. The first-order valence-corrected chi connectivity index (χ1v) is 12.7. The van der Waals surface area contributed by atoms with Crippen molar-refractivity contribution in [1.82, 2.24) is 0 Å². The first-order chi connectivity index (χ1) is 16.3. The Morgan fingerprint density at radius 3 is 2.09 bits per heavy atom. The third-order valence-corrected chi connectivity index (χ3v) is 7.05. The maximum Gasteiger partial charge on any atom is 0.0698 e. The van der Waals surface area contributed by atoms with Crippen molar-refractivity contribution in [3.05, 3.63) is 82.4 Å². The summed E-state index contributed by atoms with van der Waals surface area (Å²) in [5.74, 6) is 0.886. The van der Waals surface area contributed by atoms with E-state index in [4.69, 9.17) is 4.99 Å². The normalized spacial score (nSPS) is 15.9. The van der Waals surface area contributed by atoms with Crippen LogP contribution >= 0.6 is 0 Å². The molecule has 0 saturated carbocycles. The minimum atomic E-state index is 0.216. The molecule has 4 rings (SSSR count). The summed E-state index contributed by atoms with van der Waals surface area (Å²) in [6, 6.07) is 19.9. The van der Waals surface area contributed by atoms with Crippen LogP contribution in [0.4, 0.5) is 22.7 Å². The first-order valence-electron chi connectivity index (χ1n) is 12.7. The number of benzene rings is 3. The summed E-state index contributed by atoms with van der Waals surface area (Å²) in [5.41, 5.74) is 12.4. The zero-order valence-corrected chi connectivity index (χ0v) is 21.8. The van der Waals surface area contributed by atoms with E-state index in [0.29, 0.717) is 11.8 Å². The van der Waals surface area contributed by atoms with Crippen LogP contribution in [0.25, 0.3) is 0 Å². The van der Waals surface area contributed by atoms with Crippen LogP contribution in [-0.2, 0) is 6.42 Å². The van der Waals surface area contributed by atoms with E-state index in [2.05, 4.69) is 114 Å². The Morgan fingerprint density at radius 2 is 1.47 bits per heavy atom. The predicted octanol–water partition coefficient (Wildman–Crippen LogP) is 8.81. The average Bonchev–Trinajstić information content (AvgIpc) is 2.81. The standard InChI is InChI=1S/C31H39N3/c1-19(2)25-14-10-15-26(20(3)4)31(25)32-23(7)27-18-17-24-13-9-16-28(30(24)33-27)34-29-21(5)11-8-12-22(29)6/h8-16,19-20,27,33-34H,17-18H2,1-7H3. The lowest BCUT2D eigenvalue weighted by Gasteiger charge is -2.30. The van der Waals surface area contributed by atoms with Crippen LogP contribution in [0.5, 0.6) is 0 Å². The molecule has 3 heteroatoms. The van der Waals surface area contributed by atoms with Gasteiger partial charge in [0.05, 0.1) is 23.1 Å². The molecule has 0 aromatic heterocycles. The van der Waals surface area contributed by atoms with Crippen molar-refractivity contribution in [2.45, 2.75) is 79.2 Å². The van der Waals surface area contributed by atoms with Crippen molar-refractivity contribution in [3.8, 4) is 0 Å². The van der Waals surface area contributed by atoms with Crippen molar-refractivity contribution in [2.75, 3.05) is 10.6 Å². The maximum absolute atomic E-state index is 5.27. The number of aryl methyl sites for hydroxylation is 3. The summed E-state index contributed by atoms with van der Waals surface area (Å²) >= 11 is 0. The van der Waals surface area contributed by atoms with Crippen molar-refractivity contribution in [2.24, 2.45) is 4.99 Å². The highest BCUT2D eigenvalue weighted by atomic mass is 15.0. The topological polar surface area (TPSA) is 36.4 Å². The number of nitrogens with one attached hydrogen (secondary N) is 2. The molecule has 0 spiro atoms. The zero-order chi connectivity index (χ0) is 24.4. The van der Waals surface area contributed by atoms with E-state index in [9.17, 15) is 0 Å². The number of hydrogen-bond donors (Lipinski definition) is 2. The molecule has 3 nitrogen and oxygen atoms in total. The number of aliphatic imine (C=N–C) groups is 1. The van der Waals surface area contributed by atoms with Crippen molar-refractivity contribution in [3.63, 3.8) is 0 Å². The van der Waals surface area contributed by atoms with E-state index in [-0.39, 0.29) is 6.04 Å². The molecule has 1 aliphatic rings. The first kappa shape index (κ1) is 24.1. The summed E-state index contributed by atoms with van der Waals surface area (Å²) in [4.78, 5) is 5.27. The van der Waals surface area contributed by atoms with Crippen molar-refractivity contribution < 1.29 is 0 Å². The summed E-state index contributed by atoms with van der Waals surface area (Å²) in [7, 11) is 0. The molecule has 3 aromatic carbocycles. The Kier molecular flexibility index (Phi) is 7.11. The number of anilines is 3. The lowest BCUT2D eigenvalue weighted by molar-refractivity contribution is 0.754. The fraction of sp³-hybridized carbons (Fsp3) is 0.387. The van der Waals surface area contributed by atoms with Gasteiger partial charge in [0.25, 0.3) is 0 Å². The van der Waals surface area contributed by atoms with Crippen molar-refractivity contribution >= 4 is 28.5 Å². The minimum absolute atomic E-state index is 0.216. The second-order valence-corrected chi connectivity index (χ2v) is 10.3. The Balaban J connectivity index is 1.68. The Hall–Kier alpha value is -3.07. The monoisotopic (exact) mass is 453 g/mol. The van der Waals surface area contributed by atoms with Crippen LogP contribution in [-0.4, -0.2) is 11.8 Å². The van der Waals surface area contributed by atoms with E-state index in [1.54, 1.807) is 0 Å². The molecule has 0 amide bonds. The summed E-state index contributed by atoms with van der Waals surface area (Å²) in [6.45, 7) is 15.5. The highest BCUT2D eigenvalue weighted by Gasteiger charge is 2.23. The van der Waals surface area contributed by atoms with Gasteiger partial charge in [-0.05, 0) is 79.3 Å². The third-order valence-electron chi connectivity index (χ3n) is 7.05. The van der Waals surface area contributed by atoms with Gasteiger partial charge < -0.3 is 10.6 Å². The molecule has 178 valence electrons. The number of fused-ring (bicyclic) bond motifs is 1. The van der Waals surface area contributed by atoms with Gasteiger partial charge in [0.2, 0.25) is 0 Å². The van der Waals surface area contributed by atoms with Gasteiger partial charge in [-0.3, -0.25) is 4.99 Å². The van der Waals surface area contributed by atoms with E-state index in [1.165, 1.54) is 44.9 Å². The van der Waals surface area contributed by atoms with Gasteiger partial charge in [-0.15, -0.1) is 0 Å². The minimum Gasteiger partial charge on any atom is -0.375 e. The SMILES string of the molecule is CC(=Nc1c(C(C)C)cccc1C(C)C)C1CCc2cccc(Nc3c(C)cccc3C)c2N1. The molecule has 34 heavy (non-hydrogen) atoms. The smallest absolute Gasteiger partial charge is 0.0698 e. The fourth-order valence-corrected chi connectivity index (χ4v) is 4.98. The van der Waals surface area contributed by atoms with E-state index in [0.717, 1.165) is 24.2 Å². The molecule has 0 bridgehead atoms. The van der Waals surface area contributed by atoms with E-state index >= 15 is 0 Å². The molecule has 0 fully saturated rings. The molecule has 1 unspecified atom stereocenters. The quantitative estimate of drug-likeness (QED) is 0.366.